The minimum Gasteiger partial charge on any atom is -0.475 e. The van der Waals surface area contributed by atoms with E-state index in [0.29, 0.717) is 18.2 Å². The Bertz CT molecular complexity index is 751. The van der Waals surface area contributed by atoms with Crippen LogP contribution in [0.5, 0.6) is 0 Å². The third-order valence-electron chi connectivity index (χ3n) is 6.20. The number of ether oxygens (including phenoxy) is 1. The number of amides is 1. The SMILES string of the molecule is O=C(NCCC1CCOC12CN(C1CCCC1)C2)c1cnccn1.O=C(O)C(F)(F)F. The molecule has 172 valence electrons. The standard InChI is InChI=1S/C18H26N4O2.C2HF3O2/c23-17(16-11-19-8-9-20-16)21-7-5-14-6-10-24-18(14)12-22(13-18)15-3-1-2-4-15;3-2(4,5)1(6)7/h8-9,11,14-15H,1-7,10,12-13H2,(H,21,23);(H,6,7). The molecular formula is C20H27F3N4O4. The minimum atomic E-state index is -5.08. The molecule has 1 aromatic heterocycles. The Labute approximate surface area is 178 Å². The molecule has 1 amide bonds. The van der Waals surface area contributed by atoms with Crippen molar-refractivity contribution in [2.75, 3.05) is 26.2 Å². The maximum Gasteiger partial charge on any atom is 0.490 e. The van der Waals surface area contributed by atoms with Gasteiger partial charge in [0.2, 0.25) is 0 Å². The molecule has 2 saturated heterocycles. The van der Waals surface area contributed by atoms with Gasteiger partial charge in [-0.05, 0) is 31.6 Å². The summed E-state index contributed by atoms with van der Waals surface area (Å²) in [6.45, 7) is 3.71. The molecule has 1 aliphatic carbocycles. The molecule has 1 atom stereocenters. The average Bonchev–Trinajstić information content (AvgIpc) is 3.37. The second kappa shape index (κ2) is 9.90. The average molecular weight is 444 g/mol. The van der Waals surface area contributed by atoms with E-state index in [1.165, 1.54) is 31.9 Å². The Morgan fingerprint density at radius 2 is 1.90 bits per heavy atom. The highest BCUT2D eigenvalue weighted by atomic mass is 19.4. The number of rotatable bonds is 5. The van der Waals surface area contributed by atoms with Crippen LogP contribution < -0.4 is 5.32 Å². The van der Waals surface area contributed by atoms with E-state index in [1.54, 1.807) is 12.4 Å². The van der Waals surface area contributed by atoms with Crippen molar-refractivity contribution in [2.24, 2.45) is 5.92 Å². The molecule has 8 nitrogen and oxygen atoms in total. The first-order valence-corrected chi connectivity index (χ1v) is 10.4. The summed E-state index contributed by atoms with van der Waals surface area (Å²) >= 11 is 0. The second-order valence-electron chi connectivity index (χ2n) is 8.18. The van der Waals surface area contributed by atoms with E-state index in [-0.39, 0.29) is 11.5 Å². The van der Waals surface area contributed by atoms with Crippen molar-refractivity contribution in [1.82, 2.24) is 20.2 Å². The van der Waals surface area contributed by atoms with Gasteiger partial charge in [-0.1, -0.05) is 12.8 Å². The molecule has 1 saturated carbocycles. The molecule has 2 aliphatic heterocycles. The number of hydrogen-bond acceptors (Lipinski definition) is 6. The van der Waals surface area contributed by atoms with Crippen molar-refractivity contribution in [2.45, 2.75) is 56.3 Å². The number of carbonyl (C=O) groups is 2. The zero-order valence-corrected chi connectivity index (χ0v) is 17.1. The van der Waals surface area contributed by atoms with E-state index in [2.05, 4.69) is 20.2 Å². The summed E-state index contributed by atoms with van der Waals surface area (Å²) in [4.78, 5) is 31.5. The van der Waals surface area contributed by atoms with Crippen LogP contribution >= 0.6 is 0 Å². The van der Waals surface area contributed by atoms with Crippen LogP contribution in [0.4, 0.5) is 13.2 Å². The number of carboxylic acid groups (broad SMARTS) is 1. The zero-order chi connectivity index (χ0) is 22.5. The number of aliphatic carboxylic acids is 1. The fourth-order valence-electron chi connectivity index (χ4n) is 4.58. The Hall–Kier alpha value is -2.27. The first kappa shape index (κ1) is 23.4. The van der Waals surface area contributed by atoms with Crippen LogP contribution in [0.15, 0.2) is 18.6 Å². The van der Waals surface area contributed by atoms with Gasteiger partial charge in [0.1, 0.15) is 5.69 Å². The lowest BCUT2D eigenvalue weighted by molar-refractivity contribution is -0.192. The topological polar surface area (TPSA) is 105 Å². The number of likely N-dealkylation sites (tertiary alicyclic amines) is 1. The molecule has 0 aromatic carbocycles. The van der Waals surface area contributed by atoms with Crippen molar-refractivity contribution in [3.8, 4) is 0 Å². The van der Waals surface area contributed by atoms with Crippen molar-refractivity contribution >= 4 is 11.9 Å². The number of alkyl halides is 3. The lowest BCUT2D eigenvalue weighted by Crippen LogP contribution is -2.66. The van der Waals surface area contributed by atoms with Gasteiger partial charge in [-0.25, -0.2) is 9.78 Å². The van der Waals surface area contributed by atoms with E-state index in [4.69, 9.17) is 14.6 Å². The van der Waals surface area contributed by atoms with Gasteiger partial charge < -0.3 is 15.2 Å². The van der Waals surface area contributed by atoms with Crippen molar-refractivity contribution in [1.29, 1.82) is 0 Å². The number of hydrogen-bond donors (Lipinski definition) is 2. The molecule has 1 aromatic rings. The molecule has 1 unspecified atom stereocenters. The summed E-state index contributed by atoms with van der Waals surface area (Å²) in [6.07, 6.45) is 7.10. The summed E-state index contributed by atoms with van der Waals surface area (Å²) in [6, 6.07) is 0.789. The van der Waals surface area contributed by atoms with Crippen LogP contribution in [-0.2, 0) is 9.53 Å². The highest BCUT2D eigenvalue weighted by Crippen LogP contribution is 2.44. The van der Waals surface area contributed by atoms with Crippen LogP contribution in [0.1, 0.15) is 49.0 Å². The van der Waals surface area contributed by atoms with Crippen LogP contribution in [0.2, 0.25) is 0 Å². The number of halogens is 3. The molecule has 4 rings (SSSR count). The molecule has 3 heterocycles. The number of carboxylic acids is 1. The highest BCUT2D eigenvalue weighted by molar-refractivity contribution is 5.91. The normalized spacial score (nSPS) is 23.1. The fraction of sp³-hybridized carbons (Fsp3) is 0.700. The maximum atomic E-state index is 12.0. The molecule has 11 heteroatoms. The number of carbonyl (C=O) groups excluding carboxylic acids is 1. The summed E-state index contributed by atoms with van der Waals surface area (Å²) in [7, 11) is 0. The smallest absolute Gasteiger partial charge is 0.475 e. The van der Waals surface area contributed by atoms with E-state index >= 15 is 0 Å². The van der Waals surface area contributed by atoms with Crippen LogP contribution in [0.25, 0.3) is 0 Å². The Kier molecular flexibility index (Phi) is 7.47. The minimum absolute atomic E-state index is 0.0554. The summed E-state index contributed by atoms with van der Waals surface area (Å²) < 4.78 is 37.9. The molecule has 1 spiro atoms. The van der Waals surface area contributed by atoms with Crippen molar-refractivity contribution in [3.05, 3.63) is 24.3 Å². The monoisotopic (exact) mass is 444 g/mol. The quantitative estimate of drug-likeness (QED) is 0.718. The third-order valence-corrected chi connectivity index (χ3v) is 6.20. The van der Waals surface area contributed by atoms with E-state index in [0.717, 1.165) is 38.6 Å². The second-order valence-corrected chi connectivity index (χ2v) is 8.18. The van der Waals surface area contributed by atoms with Crippen LogP contribution in [0.3, 0.4) is 0 Å². The first-order valence-electron chi connectivity index (χ1n) is 10.4. The number of nitrogens with one attached hydrogen (secondary N) is 1. The van der Waals surface area contributed by atoms with Gasteiger partial charge >= 0.3 is 12.1 Å². The van der Waals surface area contributed by atoms with E-state index in [1.807, 2.05) is 0 Å². The van der Waals surface area contributed by atoms with Gasteiger partial charge in [0.25, 0.3) is 5.91 Å². The van der Waals surface area contributed by atoms with Gasteiger partial charge in [-0.3, -0.25) is 14.7 Å². The Morgan fingerprint density at radius 1 is 1.23 bits per heavy atom. The molecular weight excluding hydrogens is 417 g/mol. The number of aromatic nitrogens is 2. The predicted octanol–water partition coefficient (Wildman–Crippen LogP) is 2.26. The summed E-state index contributed by atoms with van der Waals surface area (Å²) in [5.74, 6) is -2.35. The van der Waals surface area contributed by atoms with Crippen molar-refractivity contribution in [3.63, 3.8) is 0 Å². The molecule has 0 bridgehead atoms. The molecule has 31 heavy (non-hydrogen) atoms. The predicted molar refractivity (Wildman–Crippen MR) is 103 cm³/mol. The summed E-state index contributed by atoms with van der Waals surface area (Å²) in [5, 5.41) is 10.1. The molecule has 3 aliphatic rings. The molecule has 2 N–H and O–H groups in total. The third kappa shape index (κ3) is 5.91. The van der Waals surface area contributed by atoms with Crippen molar-refractivity contribution < 1.29 is 32.6 Å². The Balaban J connectivity index is 0.000000339. The first-order chi connectivity index (χ1) is 14.7. The van der Waals surface area contributed by atoms with Gasteiger partial charge in [0.15, 0.2) is 0 Å². The van der Waals surface area contributed by atoms with Crippen LogP contribution in [-0.4, -0.2) is 75.9 Å². The maximum absolute atomic E-state index is 12.0. The zero-order valence-electron chi connectivity index (χ0n) is 17.1. The number of nitrogens with zero attached hydrogens (tertiary/aromatic N) is 3. The largest absolute Gasteiger partial charge is 0.490 e. The lowest BCUT2D eigenvalue weighted by atomic mass is 9.78. The Morgan fingerprint density at radius 3 is 2.48 bits per heavy atom. The van der Waals surface area contributed by atoms with Gasteiger partial charge in [0.05, 0.1) is 11.8 Å². The summed E-state index contributed by atoms with van der Waals surface area (Å²) in [5.41, 5.74) is 0.436. The molecule has 3 fully saturated rings. The van der Waals surface area contributed by atoms with Gasteiger partial charge in [-0.2, -0.15) is 13.2 Å². The molecule has 0 radical (unpaired) electrons. The van der Waals surface area contributed by atoms with E-state index < -0.39 is 12.1 Å². The van der Waals surface area contributed by atoms with E-state index in [9.17, 15) is 18.0 Å². The van der Waals surface area contributed by atoms with Gasteiger partial charge in [0, 0.05) is 44.7 Å². The lowest BCUT2D eigenvalue weighted by Gasteiger charge is -2.53. The van der Waals surface area contributed by atoms with Crippen LogP contribution in [0, 0.1) is 5.92 Å². The van der Waals surface area contributed by atoms with Gasteiger partial charge in [-0.15, -0.1) is 0 Å². The fourth-order valence-corrected chi connectivity index (χ4v) is 4.58. The highest BCUT2D eigenvalue weighted by Gasteiger charge is 2.54.